The number of aromatic hydroxyl groups is 1. The van der Waals surface area contributed by atoms with Crippen molar-refractivity contribution >= 4 is 17.6 Å². The lowest BCUT2D eigenvalue weighted by molar-refractivity contribution is -0.137. The molecule has 1 aromatic carbocycles. The molecule has 6 heteroatoms. The van der Waals surface area contributed by atoms with Gasteiger partial charge in [-0.3, -0.25) is 4.79 Å². The van der Waals surface area contributed by atoms with Crippen molar-refractivity contribution in [1.29, 1.82) is 0 Å². The molecule has 0 aromatic heterocycles. The maximum absolute atomic E-state index is 10.6. The Balaban J connectivity index is 3.27. The molecular formula is C13H18ClNO4. The van der Waals surface area contributed by atoms with Crippen molar-refractivity contribution in [2.24, 2.45) is 5.73 Å². The van der Waals surface area contributed by atoms with Crippen LogP contribution in [0.25, 0.3) is 0 Å². The topological polar surface area (TPSA) is 92.8 Å². The highest BCUT2D eigenvalue weighted by Crippen LogP contribution is 2.43. The lowest BCUT2D eigenvalue weighted by atomic mass is 9.94. The van der Waals surface area contributed by atoms with Crippen LogP contribution in [0.5, 0.6) is 11.5 Å². The first-order valence-corrected chi connectivity index (χ1v) is 6.21. The summed E-state index contributed by atoms with van der Waals surface area (Å²) in [5, 5.41) is 19.3. The molecule has 0 spiro atoms. The molecule has 0 aliphatic carbocycles. The molecule has 0 amide bonds. The van der Waals surface area contributed by atoms with E-state index in [0.717, 1.165) is 0 Å². The fourth-order valence-electron chi connectivity index (χ4n) is 2.10. The fourth-order valence-corrected chi connectivity index (χ4v) is 2.29. The zero-order chi connectivity index (χ0) is 14.7. The quantitative estimate of drug-likeness (QED) is 0.774. The predicted octanol–water partition coefficient (Wildman–Crippen LogP) is 2.54. The van der Waals surface area contributed by atoms with E-state index in [-0.39, 0.29) is 24.3 Å². The second-order valence-electron chi connectivity index (χ2n) is 4.40. The normalized spacial score (nSPS) is 12.3. The molecule has 4 N–H and O–H groups in total. The molecule has 19 heavy (non-hydrogen) atoms. The zero-order valence-electron chi connectivity index (χ0n) is 11.2. The predicted molar refractivity (Wildman–Crippen MR) is 72.9 cm³/mol. The van der Waals surface area contributed by atoms with Crippen LogP contribution in [0.3, 0.4) is 0 Å². The number of benzene rings is 1. The van der Waals surface area contributed by atoms with Crippen molar-refractivity contribution in [1.82, 2.24) is 0 Å². The highest BCUT2D eigenvalue weighted by atomic mass is 35.5. The Morgan fingerprint density at radius 2 is 2.00 bits per heavy atom. The van der Waals surface area contributed by atoms with Gasteiger partial charge >= 0.3 is 5.97 Å². The van der Waals surface area contributed by atoms with Gasteiger partial charge < -0.3 is 20.7 Å². The largest absolute Gasteiger partial charge is 0.504 e. The number of methoxy groups -OCH3 is 1. The molecule has 0 fully saturated rings. The van der Waals surface area contributed by atoms with Crippen LogP contribution in [-0.4, -0.2) is 23.3 Å². The van der Waals surface area contributed by atoms with E-state index < -0.39 is 12.0 Å². The maximum Gasteiger partial charge on any atom is 0.303 e. The Morgan fingerprint density at radius 1 is 1.42 bits per heavy atom. The van der Waals surface area contributed by atoms with Crippen LogP contribution in [0.2, 0.25) is 5.02 Å². The van der Waals surface area contributed by atoms with Crippen molar-refractivity contribution in [3.63, 3.8) is 0 Å². The summed E-state index contributed by atoms with van der Waals surface area (Å²) in [6.45, 7) is 3.48. The number of carboxylic acids is 1. The molecule has 1 aromatic rings. The number of nitrogens with two attached hydrogens (primary N) is 1. The molecule has 0 radical (unpaired) electrons. The highest BCUT2D eigenvalue weighted by Gasteiger charge is 2.23. The van der Waals surface area contributed by atoms with Crippen molar-refractivity contribution in [3.8, 4) is 11.5 Å². The van der Waals surface area contributed by atoms with Crippen LogP contribution in [0.1, 0.15) is 35.6 Å². The highest BCUT2D eigenvalue weighted by molar-refractivity contribution is 6.32. The van der Waals surface area contributed by atoms with Gasteiger partial charge in [0.2, 0.25) is 0 Å². The standard InChI is InChI=1S/C13H18ClNO4/c1-6-10(8(15)4-5-9(16)17)12(18)13(19-3)7(2)11(6)14/h8,18H,4-5,15H2,1-3H3,(H,16,17). The lowest BCUT2D eigenvalue weighted by Gasteiger charge is -2.20. The second kappa shape index (κ2) is 6.12. The van der Waals surface area contributed by atoms with Crippen LogP contribution in [0, 0.1) is 13.8 Å². The number of aliphatic carboxylic acids is 1. The van der Waals surface area contributed by atoms with E-state index in [2.05, 4.69) is 0 Å². The van der Waals surface area contributed by atoms with E-state index in [0.29, 0.717) is 21.7 Å². The van der Waals surface area contributed by atoms with Gasteiger partial charge in [-0.2, -0.15) is 0 Å². The van der Waals surface area contributed by atoms with Crippen LogP contribution in [-0.2, 0) is 4.79 Å². The minimum atomic E-state index is -0.933. The smallest absolute Gasteiger partial charge is 0.303 e. The molecule has 5 nitrogen and oxygen atoms in total. The first-order valence-electron chi connectivity index (χ1n) is 5.84. The molecule has 106 valence electrons. The van der Waals surface area contributed by atoms with Gasteiger partial charge in [0.15, 0.2) is 11.5 Å². The van der Waals surface area contributed by atoms with Gasteiger partial charge in [-0.25, -0.2) is 0 Å². The van der Waals surface area contributed by atoms with E-state index in [9.17, 15) is 9.90 Å². The van der Waals surface area contributed by atoms with Crippen LogP contribution in [0.15, 0.2) is 0 Å². The fraction of sp³-hybridized carbons (Fsp3) is 0.462. The summed E-state index contributed by atoms with van der Waals surface area (Å²) >= 11 is 6.18. The molecule has 0 bridgehead atoms. The van der Waals surface area contributed by atoms with Crippen molar-refractivity contribution in [3.05, 3.63) is 21.7 Å². The van der Waals surface area contributed by atoms with Crippen LogP contribution in [0.4, 0.5) is 0 Å². The minimum Gasteiger partial charge on any atom is -0.504 e. The molecule has 0 saturated carbocycles. The van der Waals surface area contributed by atoms with Gasteiger partial charge in [-0.05, 0) is 25.8 Å². The summed E-state index contributed by atoms with van der Waals surface area (Å²) in [5.74, 6) is -0.728. The Kier molecular flexibility index (Phi) is 5.03. The first-order chi connectivity index (χ1) is 8.81. The monoisotopic (exact) mass is 287 g/mol. The number of hydrogen-bond acceptors (Lipinski definition) is 4. The molecule has 1 rings (SSSR count). The number of rotatable bonds is 5. The molecule has 0 heterocycles. The zero-order valence-corrected chi connectivity index (χ0v) is 11.9. The number of phenolic OH excluding ortho intramolecular Hbond substituents is 1. The van der Waals surface area contributed by atoms with Gasteiger partial charge in [0.1, 0.15) is 0 Å². The van der Waals surface area contributed by atoms with Gasteiger partial charge in [-0.15, -0.1) is 0 Å². The summed E-state index contributed by atoms with van der Waals surface area (Å²) < 4.78 is 5.12. The van der Waals surface area contributed by atoms with E-state index in [1.807, 2.05) is 0 Å². The SMILES string of the molecule is COc1c(C)c(Cl)c(C)c(C(N)CCC(=O)O)c1O. The summed E-state index contributed by atoms with van der Waals surface area (Å²) in [6.07, 6.45) is 0.139. The van der Waals surface area contributed by atoms with E-state index in [4.69, 9.17) is 27.2 Å². The third-order valence-corrected chi connectivity index (χ3v) is 3.68. The summed E-state index contributed by atoms with van der Waals surface area (Å²) in [4.78, 5) is 10.6. The summed E-state index contributed by atoms with van der Waals surface area (Å²) in [5.41, 5.74) is 7.67. The van der Waals surface area contributed by atoms with Crippen molar-refractivity contribution in [2.45, 2.75) is 32.7 Å². The van der Waals surface area contributed by atoms with Crippen LogP contribution >= 0.6 is 11.6 Å². The number of carbonyl (C=O) groups is 1. The van der Waals surface area contributed by atoms with E-state index in [1.54, 1.807) is 13.8 Å². The number of carboxylic acid groups (broad SMARTS) is 1. The molecule has 0 aliphatic rings. The summed E-state index contributed by atoms with van der Waals surface area (Å²) in [7, 11) is 1.43. The van der Waals surface area contributed by atoms with Gasteiger partial charge in [0.25, 0.3) is 0 Å². The Labute approximate surface area is 116 Å². The average Bonchev–Trinajstić information content (AvgIpc) is 2.34. The lowest BCUT2D eigenvalue weighted by Crippen LogP contribution is -2.15. The van der Waals surface area contributed by atoms with E-state index >= 15 is 0 Å². The van der Waals surface area contributed by atoms with Gasteiger partial charge in [0.05, 0.1) is 12.1 Å². The Morgan fingerprint density at radius 3 is 2.47 bits per heavy atom. The average molecular weight is 288 g/mol. The van der Waals surface area contributed by atoms with Gasteiger partial charge in [-0.1, -0.05) is 11.6 Å². The third-order valence-electron chi connectivity index (χ3n) is 3.12. The van der Waals surface area contributed by atoms with Gasteiger partial charge in [0, 0.05) is 23.6 Å². The molecule has 0 aliphatic heterocycles. The van der Waals surface area contributed by atoms with Crippen LogP contribution < -0.4 is 10.5 Å². The molecule has 1 atom stereocenters. The minimum absolute atomic E-state index is 0.0696. The molecule has 0 saturated heterocycles. The third kappa shape index (κ3) is 3.11. The number of halogens is 1. The number of ether oxygens (including phenoxy) is 1. The van der Waals surface area contributed by atoms with Crippen molar-refractivity contribution < 1.29 is 19.7 Å². The number of hydrogen-bond donors (Lipinski definition) is 3. The maximum atomic E-state index is 10.6. The number of phenols is 1. The van der Waals surface area contributed by atoms with E-state index in [1.165, 1.54) is 7.11 Å². The summed E-state index contributed by atoms with van der Waals surface area (Å²) in [6, 6.07) is -0.608. The molecular weight excluding hydrogens is 270 g/mol. The molecule has 1 unspecified atom stereocenters. The Bertz CT molecular complexity index is 502. The van der Waals surface area contributed by atoms with Crippen molar-refractivity contribution in [2.75, 3.05) is 7.11 Å². The second-order valence-corrected chi connectivity index (χ2v) is 4.78. The Hall–Kier alpha value is -1.46. The first kappa shape index (κ1) is 15.6.